The number of hydrogen-bond acceptors (Lipinski definition) is 7. The number of likely N-dealkylation sites (tertiary alicyclic amines) is 1. The van der Waals surface area contributed by atoms with E-state index in [0.29, 0.717) is 25.9 Å². The molecule has 1 aliphatic heterocycles. The average molecular weight is 542 g/mol. The largest absolute Gasteiger partial charge is 0.458 e. The molecule has 1 fully saturated rings. The maximum Gasteiger partial charge on any atom is 0.410 e. The van der Waals surface area contributed by atoms with Gasteiger partial charge in [-0.3, -0.25) is 9.59 Å². The van der Waals surface area contributed by atoms with E-state index in [0.717, 1.165) is 5.56 Å². The number of nitrogens with zero attached hydrogens (tertiary/aromatic N) is 2. The molecular weight excluding hydrogens is 502 g/mol. The highest BCUT2D eigenvalue weighted by Crippen LogP contribution is 2.17. The molecule has 0 spiro atoms. The van der Waals surface area contributed by atoms with E-state index in [2.05, 4.69) is 20.6 Å². The first-order valence-corrected chi connectivity index (χ1v) is 13.1. The number of hydrogen-bond donors (Lipinski definition) is 3. The van der Waals surface area contributed by atoms with Crippen LogP contribution >= 0.6 is 0 Å². The first-order valence-electron chi connectivity index (χ1n) is 13.1. The van der Waals surface area contributed by atoms with E-state index in [1.54, 1.807) is 25.7 Å². The quantitative estimate of drug-likeness (QED) is 0.457. The second-order valence-corrected chi connectivity index (χ2v) is 11.6. The lowest BCUT2D eigenvalue weighted by Gasteiger charge is -2.33. The Labute approximate surface area is 229 Å². The third-order valence-electron chi connectivity index (χ3n) is 5.84. The van der Waals surface area contributed by atoms with Crippen LogP contribution in [0.2, 0.25) is 0 Å². The minimum absolute atomic E-state index is 0.00952. The fraction of sp³-hybridized carbons (Fsp3) is 0.536. The Kier molecular flexibility index (Phi) is 9.36. The summed E-state index contributed by atoms with van der Waals surface area (Å²) in [5.74, 6) is -1.75. The second kappa shape index (κ2) is 12.3. The Morgan fingerprint density at radius 1 is 0.974 bits per heavy atom. The van der Waals surface area contributed by atoms with E-state index in [-0.39, 0.29) is 29.9 Å². The number of aromatic nitrogens is 2. The lowest BCUT2D eigenvalue weighted by molar-refractivity contribution is -0.157. The molecule has 11 nitrogen and oxygen atoms in total. The normalized spacial score (nSPS) is 15.3. The molecule has 3 amide bonds. The molecule has 1 saturated heterocycles. The number of carbonyl (C=O) groups excluding carboxylic acids is 4. The molecule has 11 heteroatoms. The van der Waals surface area contributed by atoms with Crippen LogP contribution in [0, 0.1) is 0 Å². The van der Waals surface area contributed by atoms with Crippen molar-refractivity contribution >= 4 is 23.9 Å². The highest BCUT2D eigenvalue weighted by Gasteiger charge is 2.31. The van der Waals surface area contributed by atoms with Gasteiger partial charge in [0.1, 0.15) is 22.9 Å². The number of piperidine rings is 1. The summed E-state index contributed by atoms with van der Waals surface area (Å²) in [6, 6.07) is 8.08. The van der Waals surface area contributed by atoms with E-state index in [4.69, 9.17) is 9.47 Å². The Bertz CT molecular complexity index is 1160. The standard InChI is InChI=1S/C28H39N5O6/c1-27(2,3)38-25(36)20(16-18-10-8-7-9-11-18)32-24(35)22-21(29-17-30-22)23(34)31-19-12-14-33(15-13-19)26(37)39-28(4,5)6/h7-11,17,19-20H,12-16H2,1-6H3,(H,29,30)(H,31,34)(H,32,35)/t20-/m0/s1. The number of aromatic amines is 1. The van der Waals surface area contributed by atoms with Gasteiger partial charge in [0, 0.05) is 25.6 Å². The smallest absolute Gasteiger partial charge is 0.410 e. The SMILES string of the molecule is CC(C)(C)OC(=O)[C@H](Cc1ccccc1)NC(=O)c1nc[nH]c1C(=O)NC1CCN(C(=O)OC(C)(C)C)CC1. The van der Waals surface area contributed by atoms with E-state index in [1.165, 1.54) is 6.33 Å². The molecule has 1 aliphatic rings. The molecule has 1 atom stereocenters. The molecule has 0 radical (unpaired) electrons. The van der Waals surface area contributed by atoms with Crippen LogP contribution in [0.4, 0.5) is 4.79 Å². The van der Waals surface area contributed by atoms with Gasteiger partial charge >= 0.3 is 12.1 Å². The number of esters is 1. The van der Waals surface area contributed by atoms with Gasteiger partial charge in [-0.1, -0.05) is 30.3 Å². The monoisotopic (exact) mass is 541 g/mol. The lowest BCUT2D eigenvalue weighted by atomic mass is 10.0. The van der Waals surface area contributed by atoms with Crippen LogP contribution in [0.3, 0.4) is 0 Å². The number of H-pyrrole nitrogens is 1. The van der Waals surface area contributed by atoms with E-state index >= 15 is 0 Å². The minimum atomic E-state index is -0.982. The Morgan fingerprint density at radius 2 is 1.59 bits per heavy atom. The number of carbonyl (C=O) groups is 4. The molecule has 1 aromatic heterocycles. The molecular formula is C28H39N5O6. The zero-order valence-corrected chi connectivity index (χ0v) is 23.5. The molecule has 0 unspecified atom stereocenters. The summed E-state index contributed by atoms with van der Waals surface area (Å²) in [5, 5.41) is 5.60. The van der Waals surface area contributed by atoms with E-state index in [9.17, 15) is 19.2 Å². The molecule has 3 N–H and O–H groups in total. The first kappa shape index (κ1) is 29.7. The molecule has 39 heavy (non-hydrogen) atoms. The van der Waals surface area contributed by atoms with Gasteiger partial charge in [-0.05, 0) is 59.9 Å². The Hall–Kier alpha value is -3.89. The highest BCUT2D eigenvalue weighted by molar-refractivity contribution is 6.05. The number of rotatable bonds is 7. The van der Waals surface area contributed by atoms with Crippen LogP contribution in [-0.4, -0.2) is 75.1 Å². The summed E-state index contributed by atoms with van der Waals surface area (Å²) in [5.41, 5.74) is -0.618. The summed E-state index contributed by atoms with van der Waals surface area (Å²) in [7, 11) is 0. The van der Waals surface area contributed by atoms with Crippen molar-refractivity contribution in [3.05, 3.63) is 53.6 Å². The van der Waals surface area contributed by atoms with Gasteiger partial charge in [-0.2, -0.15) is 0 Å². The van der Waals surface area contributed by atoms with Gasteiger partial charge < -0.3 is 30.0 Å². The van der Waals surface area contributed by atoms with Crippen molar-refractivity contribution in [3.8, 4) is 0 Å². The predicted octanol–water partition coefficient (Wildman–Crippen LogP) is 3.22. The molecule has 2 heterocycles. The molecule has 0 bridgehead atoms. The van der Waals surface area contributed by atoms with Crippen LogP contribution in [0.25, 0.3) is 0 Å². The third kappa shape index (κ3) is 9.12. The first-order chi connectivity index (χ1) is 18.2. The van der Waals surface area contributed by atoms with Gasteiger partial charge in [0.25, 0.3) is 11.8 Å². The number of imidazole rings is 1. The predicted molar refractivity (Wildman–Crippen MR) is 144 cm³/mol. The fourth-order valence-corrected chi connectivity index (χ4v) is 4.07. The number of amides is 3. The molecule has 0 saturated carbocycles. The summed E-state index contributed by atoms with van der Waals surface area (Å²) < 4.78 is 10.9. The van der Waals surface area contributed by atoms with Gasteiger partial charge in [0.15, 0.2) is 5.69 Å². The zero-order valence-electron chi connectivity index (χ0n) is 23.5. The Balaban J connectivity index is 1.64. The van der Waals surface area contributed by atoms with Crippen LogP contribution < -0.4 is 10.6 Å². The van der Waals surface area contributed by atoms with Crippen LogP contribution in [0.1, 0.15) is 80.9 Å². The third-order valence-corrected chi connectivity index (χ3v) is 5.84. The van der Waals surface area contributed by atoms with Crippen molar-refractivity contribution in [2.24, 2.45) is 0 Å². The minimum Gasteiger partial charge on any atom is -0.458 e. The molecule has 1 aromatic carbocycles. The zero-order chi connectivity index (χ0) is 28.8. The summed E-state index contributed by atoms with van der Waals surface area (Å²) in [4.78, 5) is 59.8. The van der Waals surface area contributed by atoms with Gasteiger partial charge in [-0.25, -0.2) is 14.6 Å². The van der Waals surface area contributed by atoms with Crippen LogP contribution in [-0.2, 0) is 20.7 Å². The van der Waals surface area contributed by atoms with Gasteiger partial charge in [0.2, 0.25) is 0 Å². The maximum absolute atomic E-state index is 13.2. The second-order valence-electron chi connectivity index (χ2n) is 11.6. The topological polar surface area (TPSA) is 143 Å². The molecule has 212 valence electrons. The molecule has 2 aromatic rings. The molecule has 3 rings (SSSR count). The highest BCUT2D eigenvalue weighted by atomic mass is 16.6. The van der Waals surface area contributed by atoms with Gasteiger partial charge in [0.05, 0.1) is 6.33 Å². The Morgan fingerprint density at radius 3 is 2.18 bits per heavy atom. The van der Waals surface area contributed by atoms with Crippen molar-refractivity contribution in [2.45, 2.75) is 84.1 Å². The number of benzene rings is 1. The lowest BCUT2D eigenvalue weighted by Crippen LogP contribution is -2.48. The van der Waals surface area contributed by atoms with Crippen molar-refractivity contribution in [1.29, 1.82) is 0 Å². The fourth-order valence-electron chi connectivity index (χ4n) is 4.07. The van der Waals surface area contributed by atoms with E-state index in [1.807, 2.05) is 51.1 Å². The maximum atomic E-state index is 13.2. The number of ether oxygens (including phenoxy) is 2. The average Bonchev–Trinajstić information content (AvgIpc) is 3.33. The van der Waals surface area contributed by atoms with Gasteiger partial charge in [-0.15, -0.1) is 0 Å². The van der Waals surface area contributed by atoms with E-state index < -0.39 is 35.0 Å². The number of nitrogens with one attached hydrogen (secondary N) is 3. The van der Waals surface area contributed by atoms with Crippen LogP contribution in [0.5, 0.6) is 0 Å². The molecule has 0 aliphatic carbocycles. The van der Waals surface area contributed by atoms with Crippen molar-refractivity contribution in [3.63, 3.8) is 0 Å². The van der Waals surface area contributed by atoms with Crippen molar-refractivity contribution < 1.29 is 28.7 Å². The summed E-state index contributed by atoms with van der Waals surface area (Å²) >= 11 is 0. The summed E-state index contributed by atoms with van der Waals surface area (Å²) in [6.07, 6.45) is 2.17. The van der Waals surface area contributed by atoms with Crippen molar-refractivity contribution in [2.75, 3.05) is 13.1 Å². The van der Waals surface area contributed by atoms with Crippen molar-refractivity contribution in [1.82, 2.24) is 25.5 Å². The summed E-state index contributed by atoms with van der Waals surface area (Å²) in [6.45, 7) is 11.6. The van der Waals surface area contributed by atoms with Crippen LogP contribution in [0.15, 0.2) is 36.7 Å².